The molecule has 0 spiro atoms. The Morgan fingerprint density at radius 3 is 2.66 bits per heavy atom. The normalized spacial score (nSPS) is 12.0. The molecule has 0 saturated carbocycles. The minimum absolute atomic E-state index is 0.216. The van der Waals surface area contributed by atoms with E-state index in [0.717, 1.165) is 16.9 Å². The van der Waals surface area contributed by atoms with Crippen molar-refractivity contribution in [2.24, 2.45) is 0 Å². The van der Waals surface area contributed by atoms with Gasteiger partial charge in [0.15, 0.2) is 0 Å². The van der Waals surface area contributed by atoms with E-state index in [9.17, 15) is 8.42 Å². The summed E-state index contributed by atoms with van der Waals surface area (Å²) in [6.07, 6.45) is 0. The van der Waals surface area contributed by atoms with Crippen LogP contribution >= 0.6 is 11.8 Å². The summed E-state index contributed by atoms with van der Waals surface area (Å²) in [5.74, 6) is 2.33. The zero-order chi connectivity index (χ0) is 22.9. The van der Waals surface area contributed by atoms with Crippen molar-refractivity contribution in [1.82, 2.24) is 24.1 Å². The number of methoxy groups -OCH3 is 1. The molecule has 0 atom stereocenters. The van der Waals surface area contributed by atoms with Crippen molar-refractivity contribution in [3.05, 3.63) is 48.3 Å². The number of hydrogen-bond donors (Lipinski definition) is 0. The number of fused-ring (bicyclic) bond motifs is 1. The van der Waals surface area contributed by atoms with Gasteiger partial charge in [-0.25, -0.2) is 17.7 Å². The second-order valence-corrected chi connectivity index (χ2v) is 10.2. The average molecular weight is 474 g/mol. The summed E-state index contributed by atoms with van der Waals surface area (Å²) in [5.41, 5.74) is 2.23. The van der Waals surface area contributed by atoms with E-state index >= 15 is 0 Å². The lowest BCUT2D eigenvalue weighted by Crippen LogP contribution is -2.22. The van der Waals surface area contributed by atoms with Crippen molar-refractivity contribution in [1.29, 1.82) is 0 Å². The lowest BCUT2D eigenvalue weighted by molar-refractivity contribution is 0.411. The Morgan fingerprint density at radius 2 is 1.94 bits per heavy atom. The highest BCUT2D eigenvalue weighted by Gasteiger charge is 2.20. The number of aromatic nitrogens is 4. The number of sulfonamides is 1. The van der Waals surface area contributed by atoms with E-state index in [1.807, 2.05) is 35.8 Å². The maximum atomic E-state index is 12.5. The summed E-state index contributed by atoms with van der Waals surface area (Å²) in [6.45, 7) is 2.72. The van der Waals surface area contributed by atoms with E-state index in [1.165, 1.54) is 30.2 Å². The number of hydrogen-bond acceptors (Lipinski definition) is 8. The third-order valence-electron chi connectivity index (χ3n) is 4.96. The van der Waals surface area contributed by atoms with Crippen LogP contribution < -0.4 is 4.74 Å². The maximum Gasteiger partial charge on any atom is 0.277 e. The molecule has 0 saturated heterocycles. The molecule has 4 rings (SSSR count). The number of aryl methyl sites for hydroxylation is 1. The highest BCUT2D eigenvalue weighted by atomic mass is 32.2. The average Bonchev–Trinajstić information content (AvgIpc) is 3.40. The van der Waals surface area contributed by atoms with Gasteiger partial charge in [0, 0.05) is 20.6 Å². The second-order valence-electron chi connectivity index (χ2n) is 7.07. The first-order chi connectivity index (χ1) is 15.3. The van der Waals surface area contributed by atoms with Crippen LogP contribution in [0.15, 0.2) is 57.0 Å². The lowest BCUT2D eigenvalue weighted by Gasteiger charge is -2.11. The first kappa shape index (κ1) is 22.3. The van der Waals surface area contributed by atoms with Gasteiger partial charge < -0.3 is 13.7 Å². The third-order valence-corrected chi connectivity index (χ3v) is 7.59. The van der Waals surface area contributed by atoms with E-state index < -0.39 is 10.0 Å². The topological polar surface area (TPSA) is 103 Å². The highest BCUT2D eigenvalue weighted by molar-refractivity contribution is 7.98. The molecule has 0 amide bonds. The number of rotatable bonds is 8. The van der Waals surface area contributed by atoms with Gasteiger partial charge in [-0.2, -0.15) is 0 Å². The molecule has 0 unspecified atom stereocenters. The zero-order valence-corrected chi connectivity index (χ0v) is 19.8. The van der Waals surface area contributed by atoms with E-state index in [0.29, 0.717) is 34.7 Å². The molecule has 9 nitrogen and oxygen atoms in total. The van der Waals surface area contributed by atoms with Gasteiger partial charge in [-0.3, -0.25) is 0 Å². The number of para-hydroxylation sites is 1. The van der Waals surface area contributed by atoms with Crippen LogP contribution in [0.3, 0.4) is 0 Å². The monoisotopic (exact) mass is 473 g/mol. The highest BCUT2D eigenvalue weighted by Crippen LogP contribution is 2.32. The van der Waals surface area contributed by atoms with Crippen molar-refractivity contribution in [3.8, 4) is 17.2 Å². The van der Waals surface area contributed by atoms with E-state index in [1.54, 1.807) is 25.3 Å². The quantitative estimate of drug-likeness (QED) is 0.357. The van der Waals surface area contributed by atoms with Crippen LogP contribution in [0.25, 0.3) is 22.5 Å². The van der Waals surface area contributed by atoms with Crippen molar-refractivity contribution in [3.63, 3.8) is 0 Å². The van der Waals surface area contributed by atoms with Crippen molar-refractivity contribution >= 4 is 32.8 Å². The Kier molecular flexibility index (Phi) is 6.22. The van der Waals surface area contributed by atoms with E-state index in [-0.39, 0.29) is 4.90 Å². The van der Waals surface area contributed by atoms with Crippen molar-refractivity contribution < 1.29 is 17.6 Å². The zero-order valence-electron chi connectivity index (χ0n) is 18.1. The second kappa shape index (κ2) is 8.93. The number of thioether (sulfide) groups is 1. The molecule has 11 heteroatoms. The summed E-state index contributed by atoms with van der Waals surface area (Å²) in [4.78, 5) is 4.89. The van der Waals surface area contributed by atoms with Gasteiger partial charge in [0.05, 0.1) is 34.4 Å². The summed E-state index contributed by atoms with van der Waals surface area (Å²) in [5, 5.41) is 8.67. The van der Waals surface area contributed by atoms with E-state index in [4.69, 9.17) is 9.15 Å². The Labute approximate surface area is 190 Å². The molecule has 2 aromatic heterocycles. The van der Waals surface area contributed by atoms with Crippen LogP contribution in [0.1, 0.15) is 12.7 Å². The number of nitrogens with zero attached hydrogens (tertiary/aromatic N) is 5. The van der Waals surface area contributed by atoms with Gasteiger partial charge >= 0.3 is 0 Å². The van der Waals surface area contributed by atoms with Crippen LogP contribution in [0.2, 0.25) is 0 Å². The van der Waals surface area contributed by atoms with Crippen LogP contribution in [-0.2, 0) is 22.3 Å². The first-order valence-corrected chi connectivity index (χ1v) is 12.3. The number of ether oxygens (including phenoxy) is 1. The Hall–Kier alpha value is -2.89. The largest absolute Gasteiger partial charge is 0.496 e. The van der Waals surface area contributed by atoms with Gasteiger partial charge in [-0.1, -0.05) is 23.9 Å². The van der Waals surface area contributed by atoms with Crippen LogP contribution in [0.4, 0.5) is 0 Å². The van der Waals surface area contributed by atoms with Gasteiger partial charge in [-0.15, -0.1) is 10.2 Å². The Morgan fingerprint density at radius 1 is 1.16 bits per heavy atom. The molecule has 168 valence electrons. The first-order valence-electron chi connectivity index (χ1n) is 9.86. The fraction of sp³-hybridized carbons (Fsp3) is 0.286. The number of imidazole rings is 1. The molecule has 0 aliphatic heterocycles. The van der Waals surface area contributed by atoms with Crippen LogP contribution in [0.5, 0.6) is 5.75 Å². The molecular weight excluding hydrogens is 450 g/mol. The summed E-state index contributed by atoms with van der Waals surface area (Å²) >= 11 is 1.37. The summed E-state index contributed by atoms with van der Waals surface area (Å²) in [6, 6.07) is 12.5. The summed E-state index contributed by atoms with van der Waals surface area (Å²) < 4.78 is 39.3. The molecule has 0 bridgehead atoms. The minimum atomic E-state index is -3.53. The Balaban J connectivity index is 1.59. The SMILES string of the molecule is CCn1c(CSc2nnc(-c3ccccc3OC)o2)nc2cc(S(=O)(=O)N(C)C)ccc21. The predicted molar refractivity (Wildman–Crippen MR) is 122 cm³/mol. The molecule has 0 radical (unpaired) electrons. The molecular formula is C21H23N5O4S2. The van der Waals surface area contributed by atoms with Crippen molar-refractivity contribution in [2.75, 3.05) is 21.2 Å². The molecule has 4 aromatic rings. The van der Waals surface area contributed by atoms with Gasteiger partial charge in [-0.05, 0) is 37.3 Å². The molecule has 2 heterocycles. The van der Waals surface area contributed by atoms with E-state index in [2.05, 4.69) is 15.2 Å². The standard InChI is InChI=1S/C21H23N5O4S2/c1-5-26-17-11-10-14(32(27,28)25(2)3)12-16(17)22-19(26)13-31-21-24-23-20(30-21)15-8-6-7-9-18(15)29-4/h6-12H,5,13H2,1-4H3. The van der Waals surface area contributed by atoms with Gasteiger partial charge in [0.25, 0.3) is 11.1 Å². The molecule has 0 aliphatic rings. The third kappa shape index (κ3) is 4.10. The maximum absolute atomic E-state index is 12.5. The van der Waals surface area contributed by atoms with Crippen molar-refractivity contribution in [2.45, 2.75) is 29.3 Å². The molecule has 32 heavy (non-hydrogen) atoms. The minimum Gasteiger partial charge on any atom is -0.496 e. The fourth-order valence-corrected chi connectivity index (χ4v) is 4.95. The van der Waals surface area contributed by atoms with Crippen LogP contribution in [0, 0.1) is 0 Å². The van der Waals surface area contributed by atoms with Gasteiger partial charge in [0.1, 0.15) is 11.6 Å². The molecule has 2 aromatic carbocycles. The number of benzene rings is 2. The molecule has 0 aliphatic carbocycles. The Bertz CT molecular complexity index is 1360. The molecule has 0 N–H and O–H groups in total. The van der Waals surface area contributed by atoms with Gasteiger partial charge in [0.2, 0.25) is 10.0 Å². The molecule has 0 fully saturated rings. The predicted octanol–water partition coefficient (Wildman–Crippen LogP) is 3.66. The summed E-state index contributed by atoms with van der Waals surface area (Å²) in [7, 11) is 1.08. The fourth-order valence-electron chi connectivity index (χ4n) is 3.32. The smallest absolute Gasteiger partial charge is 0.277 e. The van der Waals surface area contributed by atoms with Crippen LogP contribution in [-0.4, -0.2) is 53.7 Å². The lowest BCUT2D eigenvalue weighted by atomic mass is 10.2.